The van der Waals surface area contributed by atoms with E-state index in [-0.39, 0.29) is 18.1 Å². The molecule has 0 atom stereocenters. The van der Waals surface area contributed by atoms with Crippen LogP contribution in [0.25, 0.3) is 0 Å². The van der Waals surface area contributed by atoms with Gasteiger partial charge in [0.25, 0.3) is 0 Å². The lowest BCUT2D eigenvalue weighted by Gasteiger charge is -2.23. The van der Waals surface area contributed by atoms with Crippen molar-refractivity contribution in [3.63, 3.8) is 0 Å². The van der Waals surface area contributed by atoms with E-state index in [1.54, 1.807) is 0 Å². The molecule has 3 rings (SSSR count). The summed E-state index contributed by atoms with van der Waals surface area (Å²) in [5, 5.41) is 2.96. The van der Waals surface area contributed by atoms with E-state index in [1.165, 1.54) is 12.8 Å². The average Bonchev–Trinajstić information content (AvgIpc) is 3.32. The summed E-state index contributed by atoms with van der Waals surface area (Å²) in [5.41, 5.74) is 3.63. The Labute approximate surface area is 207 Å². The number of benzene rings is 2. The molecule has 1 heterocycles. The molecular weight excluding hydrogens is 457 g/mol. The standard InChI is InChI=1S/C26H33Cl2N3O2/c27-11-16-31(17-12-28)24-8-6-21(7-9-24)20-26(33)29-23-5-3-4-22(18-23)19-25(32)10-15-30-13-1-2-14-30/h3-9,18H,1-2,10-17,19-20H2,(H,29,33). The first-order valence-electron chi connectivity index (χ1n) is 11.7. The topological polar surface area (TPSA) is 52.7 Å². The minimum absolute atomic E-state index is 0.0846. The second kappa shape index (κ2) is 13.6. The van der Waals surface area contributed by atoms with Crippen molar-refractivity contribution in [1.29, 1.82) is 0 Å². The molecule has 1 fully saturated rings. The van der Waals surface area contributed by atoms with Crippen molar-refractivity contribution in [2.45, 2.75) is 32.1 Å². The van der Waals surface area contributed by atoms with Crippen LogP contribution in [0, 0.1) is 0 Å². The maximum atomic E-state index is 12.6. The second-order valence-electron chi connectivity index (χ2n) is 8.47. The van der Waals surface area contributed by atoms with Crippen LogP contribution in [0.2, 0.25) is 0 Å². The Kier molecular flexibility index (Phi) is 10.5. The van der Waals surface area contributed by atoms with Gasteiger partial charge in [0, 0.05) is 55.6 Å². The fourth-order valence-electron chi connectivity index (χ4n) is 4.15. The molecule has 33 heavy (non-hydrogen) atoms. The summed E-state index contributed by atoms with van der Waals surface area (Å²) in [6.07, 6.45) is 3.74. The van der Waals surface area contributed by atoms with Gasteiger partial charge in [-0.05, 0) is 61.3 Å². The Morgan fingerprint density at radius 2 is 1.61 bits per heavy atom. The molecule has 5 nitrogen and oxygen atoms in total. The summed E-state index contributed by atoms with van der Waals surface area (Å²) in [5.74, 6) is 1.22. The van der Waals surface area contributed by atoms with Gasteiger partial charge in [0.15, 0.2) is 0 Å². The number of ketones is 1. The smallest absolute Gasteiger partial charge is 0.228 e. The zero-order valence-electron chi connectivity index (χ0n) is 19.1. The predicted octanol–water partition coefficient (Wildman–Crippen LogP) is 4.75. The number of anilines is 2. The van der Waals surface area contributed by atoms with E-state index in [0.717, 1.165) is 55.2 Å². The van der Waals surface area contributed by atoms with Gasteiger partial charge in [-0.25, -0.2) is 0 Å². The highest BCUT2D eigenvalue weighted by Gasteiger charge is 2.13. The Hall–Kier alpha value is -2.08. The van der Waals surface area contributed by atoms with Crippen molar-refractivity contribution in [1.82, 2.24) is 4.90 Å². The molecule has 1 N–H and O–H groups in total. The van der Waals surface area contributed by atoms with Crippen molar-refractivity contribution in [3.05, 3.63) is 59.7 Å². The highest BCUT2D eigenvalue weighted by molar-refractivity contribution is 6.18. The first-order chi connectivity index (χ1) is 16.1. The van der Waals surface area contributed by atoms with E-state index in [9.17, 15) is 9.59 Å². The molecule has 0 aromatic heterocycles. The number of likely N-dealkylation sites (tertiary alicyclic amines) is 1. The number of carbonyl (C=O) groups excluding carboxylic acids is 2. The van der Waals surface area contributed by atoms with E-state index in [1.807, 2.05) is 48.5 Å². The van der Waals surface area contributed by atoms with E-state index >= 15 is 0 Å². The van der Waals surface area contributed by atoms with Crippen LogP contribution in [0.15, 0.2) is 48.5 Å². The molecule has 1 aliphatic rings. The van der Waals surface area contributed by atoms with Crippen LogP contribution in [0.5, 0.6) is 0 Å². The van der Waals surface area contributed by atoms with Crippen LogP contribution in [0.3, 0.4) is 0 Å². The molecule has 0 unspecified atom stereocenters. The van der Waals surface area contributed by atoms with Gasteiger partial charge in [-0.15, -0.1) is 23.2 Å². The van der Waals surface area contributed by atoms with E-state index in [2.05, 4.69) is 15.1 Å². The van der Waals surface area contributed by atoms with Gasteiger partial charge in [-0.1, -0.05) is 24.3 Å². The SMILES string of the molecule is O=C(CCN1CCCC1)Cc1cccc(NC(=O)Cc2ccc(N(CCCl)CCCl)cc2)c1. The Bertz CT molecular complexity index is 893. The van der Waals surface area contributed by atoms with Crippen LogP contribution >= 0.6 is 23.2 Å². The quantitative estimate of drug-likeness (QED) is 0.412. The maximum Gasteiger partial charge on any atom is 0.228 e. The fourth-order valence-corrected chi connectivity index (χ4v) is 4.56. The Balaban J connectivity index is 1.49. The minimum atomic E-state index is -0.0846. The van der Waals surface area contributed by atoms with Gasteiger partial charge < -0.3 is 15.1 Å². The number of hydrogen-bond acceptors (Lipinski definition) is 4. The number of amides is 1. The average molecular weight is 490 g/mol. The van der Waals surface area contributed by atoms with Crippen LogP contribution in [-0.4, -0.2) is 61.1 Å². The van der Waals surface area contributed by atoms with Gasteiger partial charge in [0.2, 0.25) is 5.91 Å². The van der Waals surface area contributed by atoms with E-state index < -0.39 is 0 Å². The van der Waals surface area contributed by atoms with Gasteiger partial charge >= 0.3 is 0 Å². The van der Waals surface area contributed by atoms with Crippen molar-refractivity contribution in [2.75, 3.05) is 54.7 Å². The molecule has 2 aromatic carbocycles. The van der Waals surface area contributed by atoms with Crippen LogP contribution < -0.4 is 10.2 Å². The van der Waals surface area contributed by atoms with Crippen LogP contribution in [0.1, 0.15) is 30.4 Å². The number of halogens is 2. The molecule has 0 aliphatic carbocycles. The van der Waals surface area contributed by atoms with E-state index in [0.29, 0.717) is 24.6 Å². The monoisotopic (exact) mass is 489 g/mol. The number of nitrogens with zero attached hydrogens (tertiary/aromatic N) is 2. The minimum Gasteiger partial charge on any atom is -0.369 e. The number of rotatable bonds is 13. The van der Waals surface area contributed by atoms with Gasteiger partial charge in [-0.3, -0.25) is 9.59 Å². The van der Waals surface area contributed by atoms with Crippen molar-refractivity contribution < 1.29 is 9.59 Å². The molecule has 0 saturated carbocycles. The zero-order valence-corrected chi connectivity index (χ0v) is 20.6. The van der Waals surface area contributed by atoms with Gasteiger partial charge in [0.1, 0.15) is 5.78 Å². The van der Waals surface area contributed by atoms with Crippen molar-refractivity contribution >= 4 is 46.3 Å². The predicted molar refractivity (Wildman–Crippen MR) is 138 cm³/mol. The number of Topliss-reactive ketones (excluding diaryl/α,β-unsaturated/α-hetero) is 1. The lowest BCUT2D eigenvalue weighted by Crippen LogP contribution is -2.27. The Morgan fingerprint density at radius 3 is 2.27 bits per heavy atom. The molecule has 1 aliphatic heterocycles. The molecule has 0 bridgehead atoms. The Morgan fingerprint density at radius 1 is 0.909 bits per heavy atom. The highest BCUT2D eigenvalue weighted by atomic mass is 35.5. The summed E-state index contributed by atoms with van der Waals surface area (Å²) in [6.45, 7) is 4.52. The first kappa shape index (κ1) is 25.5. The molecule has 2 aromatic rings. The largest absolute Gasteiger partial charge is 0.369 e. The molecular formula is C26H33Cl2N3O2. The number of nitrogens with one attached hydrogen (secondary N) is 1. The first-order valence-corrected chi connectivity index (χ1v) is 12.7. The third-order valence-corrected chi connectivity index (χ3v) is 6.23. The molecule has 178 valence electrons. The van der Waals surface area contributed by atoms with Crippen LogP contribution in [0.4, 0.5) is 11.4 Å². The molecule has 0 radical (unpaired) electrons. The molecule has 7 heteroatoms. The second-order valence-corrected chi connectivity index (χ2v) is 9.23. The summed E-state index contributed by atoms with van der Waals surface area (Å²) in [4.78, 5) is 29.4. The van der Waals surface area contributed by atoms with Crippen molar-refractivity contribution in [2.24, 2.45) is 0 Å². The van der Waals surface area contributed by atoms with Crippen LogP contribution in [-0.2, 0) is 22.4 Å². The molecule has 1 amide bonds. The highest BCUT2D eigenvalue weighted by Crippen LogP contribution is 2.17. The zero-order chi connectivity index (χ0) is 23.5. The third kappa shape index (κ3) is 8.65. The van der Waals surface area contributed by atoms with Gasteiger partial charge in [-0.2, -0.15) is 0 Å². The summed E-state index contributed by atoms with van der Waals surface area (Å²) < 4.78 is 0. The maximum absolute atomic E-state index is 12.6. The summed E-state index contributed by atoms with van der Waals surface area (Å²) in [6, 6.07) is 15.5. The third-order valence-electron chi connectivity index (χ3n) is 5.89. The number of hydrogen-bond donors (Lipinski definition) is 1. The van der Waals surface area contributed by atoms with E-state index in [4.69, 9.17) is 23.2 Å². The molecule has 0 spiro atoms. The fraction of sp³-hybridized carbons (Fsp3) is 0.462. The summed E-state index contributed by atoms with van der Waals surface area (Å²) in [7, 11) is 0. The molecule has 1 saturated heterocycles. The van der Waals surface area contributed by atoms with Gasteiger partial charge in [0.05, 0.1) is 6.42 Å². The number of carbonyl (C=O) groups is 2. The van der Waals surface area contributed by atoms with Crippen molar-refractivity contribution in [3.8, 4) is 0 Å². The number of alkyl halides is 2. The normalized spacial score (nSPS) is 13.8. The lowest BCUT2D eigenvalue weighted by molar-refractivity contribution is -0.118. The lowest BCUT2D eigenvalue weighted by atomic mass is 10.1. The summed E-state index contributed by atoms with van der Waals surface area (Å²) >= 11 is 11.8.